The van der Waals surface area contributed by atoms with E-state index in [0.29, 0.717) is 6.42 Å². The summed E-state index contributed by atoms with van der Waals surface area (Å²) in [6.45, 7) is 5.99. The van der Waals surface area contributed by atoms with Gasteiger partial charge in [0.25, 0.3) is 0 Å². The summed E-state index contributed by atoms with van der Waals surface area (Å²) in [5.41, 5.74) is 2.01. The monoisotopic (exact) mass is 342 g/mol. The predicted octanol–water partition coefficient (Wildman–Crippen LogP) is 4.47. The van der Waals surface area contributed by atoms with Crippen LogP contribution in [0.4, 0.5) is 0 Å². The zero-order chi connectivity index (χ0) is 17.8. The second-order valence-electron chi connectivity index (χ2n) is 6.98. The SMILES string of the molecule is CC(C)c1oc(C2CCCN2CCCC(=O)O)nc1-c1ccccc1. The van der Waals surface area contributed by atoms with Crippen LogP contribution in [0.2, 0.25) is 0 Å². The average Bonchev–Trinajstić information content (AvgIpc) is 3.21. The van der Waals surface area contributed by atoms with E-state index in [0.717, 1.165) is 48.8 Å². The summed E-state index contributed by atoms with van der Waals surface area (Å²) >= 11 is 0. The minimum atomic E-state index is -0.736. The zero-order valence-electron chi connectivity index (χ0n) is 14.9. The van der Waals surface area contributed by atoms with E-state index in [1.54, 1.807) is 0 Å². The minimum Gasteiger partial charge on any atom is -0.481 e. The molecule has 0 radical (unpaired) electrons. The van der Waals surface area contributed by atoms with Crippen LogP contribution < -0.4 is 0 Å². The second kappa shape index (κ2) is 7.83. The molecule has 0 bridgehead atoms. The van der Waals surface area contributed by atoms with Crippen molar-refractivity contribution < 1.29 is 14.3 Å². The van der Waals surface area contributed by atoms with Gasteiger partial charge in [-0.3, -0.25) is 9.69 Å². The highest BCUT2D eigenvalue weighted by Crippen LogP contribution is 2.37. The van der Waals surface area contributed by atoms with Gasteiger partial charge in [-0.25, -0.2) is 4.98 Å². The van der Waals surface area contributed by atoms with Gasteiger partial charge >= 0.3 is 5.97 Å². The summed E-state index contributed by atoms with van der Waals surface area (Å²) in [4.78, 5) is 17.9. The lowest BCUT2D eigenvalue weighted by Gasteiger charge is -2.21. The number of nitrogens with zero attached hydrogens (tertiary/aromatic N) is 2. The molecule has 3 rings (SSSR count). The number of hydrogen-bond acceptors (Lipinski definition) is 4. The Bertz CT molecular complexity index is 709. The van der Waals surface area contributed by atoms with Crippen LogP contribution in [-0.4, -0.2) is 34.0 Å². The molecule has 2 heterocycles. The fourth-order valence-electron chi connectivity index (χ4n) is 3.49. The number of aromatic nitrogens is 1. The van der Waals surface area contributed by atoms with Crippen LogP contribution in [0.25, 0.3) is 11.3 Å². The molecule has 1 aromatic heterocycles. The number of carboxylic acid groups (broad SMARTS) is 1. The number of hydrogen-bond donors (Lipinski definition) is 1. The Hall–Kier alpha value is -2.14. The van der Waals surface area contributed by atoms with E-state index in [1.807, 2.05) is 18.2 Å². The molecule has 2 aromatic rings. The predicted molar refractivity (Wildman–Crippen MR) is 96.4 cm³/mol. The molecule has 1 aromatic carbocycles. The smallest absolute Gasteiger partial charge is 0.303 e. The number of aliphatic carboxylic acids is 1. The number of oxazole rings is 1. The second-order valence-corrected chi connectivity index (χ2v) is 6.98. The van der Waals surface area contributed by atoms with Crippen molar-refractivity contribution in [3.05, 3.63) is 42.0 Å². The fourth-order valence-corrected chi connectivity index (χ4v) is 3.49. The summed E-state index contributed by atoms with van der Waals surface area (Å²) < 4.78 is 6.20. The lowest BCUT2D eigenvalue weighted by Crippen LogP contribution is -2.25. The number of likely N-dealkylation sites (tertiary alicyclic amines) is 1. The molecule has 0 aliphatic carbocycles. The Balaban J connectivity index is 1.83. The summed E-state index contributed by atoms with van der Waals surface area (Å²) in [5.74, 6) is 1.23. The van der Waals surface area contributed by atoms with Crippen LogP contribution in [0.15, 0.2) is 34.7 Å². The first-order chi connectivity index (χ1) is 12.1. The van der Waals surface area contributed by atoms with Crippen molar-refractivity contribution in [2.45, 2.75) is 51.5 Å². The van der Waals surface area contributed by atoms with E-state index in [4.69, 9.17) is 14.5 Å². The molecular weight excluding hydrogens is 316 g/mol. The topological polar surface area (TPSA) is 66.6 Å². The molecule has 1 saturated heterocycles. The van der Waals surface area contributed by atoms with Gasteiger partial charge in [0.2, 0.25) is 5.89 Å². The Morgan fingerprint density at radius 3 is 2.80 bits per heavy atom. The van der Waals surface area contributed by atoms with Gasteiger partial charge in [0.05, 0.1) is 6.04 Å². The average molecular weight is 342 g/mol. The molecule has 0 amide bonds. The van der Waals surface area contributed by atoms with Crippen LogP contribution in [0, 0.1) is 0 Å². The highest BCUT2D eigenvalue weighted by atomic mass is 16.4. The third-order valence-corrected chi connectivity index (χ3v) is 4.73. The van der Waals surface area contributed by atoms with Gasteiger partial charge in [-0.15, -0.1) is 0 Å². The zero-order valence-corrected chi connectivity index (χ0v) is 14.9. The van der Waals surface area contributed by atoms with Crippen LogP contribution in [0.3, 0.4) is 0 Å². The molecule has 1 aliphatic heterocycles. The maximum Gasteiger partial charge on any atom is 0.303 e. The molecule has 5 nitrogen and oxygen atoms in total. The normalized spacial score (nSPS) is 18.1. The summed E-state index contributed by atoms with van der Waals surface area (Å²) in [7, 11) is 0. The van der Waals surface area contributed by atoms with Crippen LogP contribution in [-0.2, 0) is 4.79 Å². The van der Waals surface area contributed by atoms with E-state index in [1.165, 1.54) is 0 Å². The Morgan fingerprint density at radius 1 is 1.36 bits per heavy atom. The number of rotatable bonds is 7. The van der Waals surface area contributed by atoms with E-state index >= 15 is 0 Å². The number of carboxylic acids is 1. The number of benzene rings is 1. The lowest BCUT2D eigenvalue weighted by molar-refractivity contribution is -0.137. The van der Waals surface area contributed by atoms with Gasteiger partial charge in [0, 0.05) is 17.9 Å². The summed E-state index contributed by atoms with van der Waals surface area (Å²) in [6, 6.07) is 10.3. The van der Waals surface area contributed by atoms with Crippen LogP contribution >= 0.6 is 0 Å². The first-order valence-electron chi connectivity index (χ1n) is 9.08. The molecular formula is C20H26N2O3. The molecule has 1 N–H and O–H groups in total. The van der Waals surface area contributed by atoms with Crippen molar-refractivity contribution in [3.8, 4) is 11.3 Å². The highest BCUT2D eigenvalue weighted by molar-refractivity contribution is 5.66. The van der Waals surface area contributed by atoms with Gasteiger partial charge in [-0.2, -0.15) is 0 Å². The van der Waals surface area contributed by atoms with Crippen molar-refractivity contribution in [2.24, 2.45) is 0 Å². The molecule has 1 unspecified atom stereocenters. The molecule has 0 spiro atoms. The highest BCUT2D eigenvalue weighted by Gasteiger charge is 2.31. The molecule has 25 heavy (non-hydrogen) atoms. The maximum atomic E-state index is 10.8. The third-order valence-electron chi connectivity index (χ3n) is 4.73. The molecule has 0 saturated carbocycles. The van der Waals surface area contributed by atoms with Gasteiger partial charge < -0.3 is 9.52 Å². The molecule has 134 valence electrons. The fraction of sp³-hybridized carbons (Fsp3) is 0.500. The van der Waals surface area contributed by atoms with E-state index in [-0.39, 0.29) is 18.4 Å². The van der Waals surface area contributed by atoms with Gasteiger partial charge in [-0.1, -0.05) is 44.2 Å². The lowest BCUT2D eigenvalue weighted by atomic mass is 10.0. The van der Waals surface area contributed by atoms with Gasteiger partial charge in [0.1, 0.15) is 11.5 Å². The van der Waals surface area contributed by atoms with Crippen molar-refractivity contribution in [1.29, 1.82) is 0 Å². The van der Waals surface area contributed by atoms with Crippen molar-refractivity contribution >= 4 is 5.97 Å². The maximum absolute atomic E-state index is 10.8. The standard InChI is InChI=1S/C20H26N2O3/c1-14(2)19-18(15-8-4-3-5-9-15)21-20(25-19)16-10-6-12-22(16)13-7-11-17(23)24/h3-5,8-9,14,16H,6-7,10-13H2,1-2H3,(H,23,24). The third kappa shape index (κ3) is 4.10. The first-order valence-corrected chi connectivity index (χ1v) is 9.08. The van der Waals surface area contributed by atoms with Crippen LogP contribution in [0.5, 0.6) is 0 Å². The van der Waals surface area contributed by atoms with E-state index in [9.17, 15) is 4.79 Å². The minimum absolute atomic E-state index is 0.156. The molecule has 1 aliphatic rings. The van der Waals surface area contributed by atoms with Crippen molar-refractivity contribution in [3.63, 3.8) is 0 Å². The van der Waals surface area contributed by atoms with Crippen molar-refractivity contribution in [1.82, 2.24) is 9.88 Å². The Labute approximate surface area is 148 Å². The van der Waals surface area contributed by atoms with Crippen molar-refractivity contribution in [2.75, 3.05) is 13.1 Å². The van der Waals surface area contributed by atoms with Crippen LogP contribution in [0.1, 0.15) is 63.1 Å². The molecule has 5 heteroatoms. The van der Waals surface area contributed by atoms with Gasteiger partial charge in [0.15, 0.2) is 0 Å². The summed E-state index contributed by atoms with van der Waals surface area (Å²) in [5, 5.41) is 8.85. The largest absolute Gasteiger partial charge is 0.481 e. The first kappa shape index (κ1) is 17.7. The Kier molecular flexibility index (Phi) is 5.53. The number of carbonyl (C=O) groups is 1. The molecule has 1 fully saturated rings. The Morgan fingerprint density at radius 2 is 2.12 bits per heavy atom. The van der Waals surface area contributed by atoms with E-state index < -0.39 is 5.97 Å². The quantitative estimate of drug-likeness (QED) is 0.804. The summed E-state index contributed by atoms with van der Waals surface area (Å²) in [6.07, 6.45) is 2.98. The van der Waals surface area contributed by atoms with E-state index in [2.05, 4.69) is 30.9 Å². The van der Waals surface area contributed by atoms with Gasteiger partial charge in [-0.05, 0) is 32.4 Å². The molecule has 1 atom stereocenters.